The van der Waals surface area contributed by atoms with Crippen molar-refractivity contribution < 1.29 is 48.3 Å². The standard InChI is InChI=1S/C32H34O10/c1-21(2)39-31(37)29(41-27(35)19-25-13-7-5-11-23(25)15-9-17-33)30(32(38)40-22(3)4)42-28(36)20-26-14-8-6-12-24(26)16-10-18-34/h5-8,11-14,21-22,29-30,33-34H,17-20H2,1-4H3/t29-,30-/m1/s1. The molecule has 0 saturated heterocycles. The van der Waals surface area contributed by atoms with Crippen LogP contribution in [0.15, 0.2) is 48.5 Å². The SMILES string of the molecule is CC(C)OC(=O)[C@H](OC(=O)Cc1ccccc1C#CCO)[C@@H](OC(=O)Cc1ccccc1C#CCO)C(=O)OC(C)C. The first-order valence-corrected chi connectivity index (χ1v) is 13.2. The number of benzene rings is 2. The Hall–Kier alpha value is -4.64. The van der Waals surface area contributed by atoms with Crippen molar-refractivity contribution >= 4 is 23.9 Å². The van der Waals surface area contributed by atoms with Gasteiger partial charge in [-0.1, -0.05) is 60.1 Å². The van der Waals surface area contributed by atoms with Crippen molar-refractivity contribution in [3.8, 4) is 23.7 Å². The van der Waals surface area contributed by atoms with Gasteiger partial charge in [0.25, 0.3) is 0 Å². The lowest BCUT2D eigenvalue weighted by Crippen LogP contribution is -2.48. The first kappa shape index (κ1) is 33.6. The summed E-state index contributed by atoms with van der Waals surface area (Å²) < 4.78 is 21.3. The quantitative estimate of drug-likeness (QED) is 0.230. The van der Waals surface area contributed by atoms with E-state index in [4.69, 9.17) is 29.2 Å². The van der Waals surface area contributed by atoms with Crippen molar-refractivity contribution in [2.24, 2.45) is 0 Å². The lowest BCUT2D eigenvalue weighted by atomic mass is 10.0. The van der Waals surface area contributed by atoms with Gasteiger partial charge >= 0.3 is 23.9 Å². The third kappa shape index (κ3) is 11.1. The second kappa shape index (κ2) is 17.2. The van der Waals surface area contributed by atoms with E-state index in [1.165, 1.54) is 0 Å². The van der Waals surface area contributed by atoms with Gasteiger partial charge < -0.3 is 29.2 Å². The number of esters is 4. The van der Waals surface area contributed by atoms with Crippen LogP contribution in [0.4, 0.5) is 0 Å². The summed E-state index contributed by atoms with van der Waals surface area (Å²) in [5.41, 5.74) is 1.79. The van der Waals surface area contributed by atoms with E-state index in [1.807, 2.05) is 0 Å². The zero-order valence-corrected chi connectivity index (χ0v) is 23.9. The number of carbonyl (C=O) groups is 4. The third-order valence-corrected chi connectivity index (χ3v) is 5.27. The fraction of sp³-hybridized carbons (Fsp3) is 0.375. The normalized spacial score (nSPS) is 11.7. The molecule has 0 aliphatic heterocycles. The van der Waals surface area contributed by atoms with Crippen molar-refractivity contribution in [3.63, 3.8) is 0 Å². The van der Waals surface area contributed by atoms with Gasteiger partial charge in [0.15, 0.2) is 0 Å². The number of aliphatic hydroxyl groups excluding tert-OH is 2. The summed E-state index contributed by atoms with van der Waals surface area (Å²) in [7, 11) is 0. The lowest BCUT2D eigenvalue weighted by Gasteiger charge is -2.26. The molecule has 0 fully saturated rings. The molecule has 2 aromatic rings. The Morgan fingerprint density at radius 1 is 0.619 bits per heavy atom. The molecule has 0 bridgehead atoms. The Labute approximate surface area is 244 Å². The van der Waals surface area contributed by atoms with Crippen LogP contribution in [0.3, 0.4) is 0 Å². The molecule has 0 amide bonds. The van der Waals surface area contributed by atoms with Crippen molar-refractivity contribution in [1.82, 2.24) is 0 Å². The van der Waals surface area contributed by atoms with Gasteiger partial charge in [-0.05, 0) is 51.0 Å². The molecule has 10 heteroatoms. The van der Waals surface area contributed by atoms with Gasteiger partial charge in [0.1, 0.15) is 13.2 Å². The minimum absolute atomic E-state index is 0.349. The average molecular weight is 579 g/mol. The van der Waals surface area contributed by atoms with Crippen LogP contribution in [-0.2, 0) is 51.0 Å². The van der Waals surface area contributed by atoms with Crippen molar-refractivity contribution in [2.45, 2.75) is 65.0 Å². The smallest absolute Gasteiger partial charge is 0.352 e. The molecular formula is C32H34O10. The van der Waals surface area contributed by atoms with Gasteiger partial charge in [-0.15, -0.1) is 0 Å². The molecule has 0 unspecified atom stereocenters. The number of aliphatic hydroxyl groups is 2. The van der Waals surface area contributed by atoms with E-state index in [9.17, 15) is 19.2 Å². The molecule has 2 aromatic carbocycles. The van der Waals surface area contributed by atoms with Crippen LogP contribution in [0, 0.1) is 23.7 Å². The van der Waals surface area contributed by atoms with Crippen LogP contribution < -0.4 is 0 Å². The molecule has 2 atom stereocenters. The van der Waals surface area contributed by atoms with Gasteiger partial charge in [0.05, 0.1) is 25.0 Å². The number of hydrogen-bond acceptors (Lipinski definition) is 10. The summed E-state index contributed by atoms with van der Waals surface area (Å²) in [5.74, 6) is 6.40. The Morgan fingerprint density at radius 3 is 1.31 bits per heavy atom. The highest BCUT2D eigenvalue weighted by Crippen LogP contribution is 2.17. The average Bonchev–Trinajstić information content (AvgIpc) is 2.93. The van der Waals surface area contributed by atoms with E-state index in [1.54, 1.807) is 76.2 Å². The lowest BCUT2D eigenvalue weighted by molar-refractivity contribution is -0.194. The molecule has 0 radical (unpaired) electrons. The maximum atomic E-state index is 13.1. The molecule has 0 heterocycles. The molecule has 2 rings (SSSR count). The van der Waals surface area contributed by atoms with E-state index in [0.717, 1.165) is 0 Å². The number of hydrogen-bond donors (Lipinski definition) is 2. The fourth-order valence-corrected chi connectivity index (χ4v) is 3.61. The molecule has 0 aliphatic carbocycles. The largest absolute Gasteiger partial charge is 0.460 e. The predicted octanol–water partition coefficient (Wildman–Crippen LogP) is 1.89. The minimum atomic E-state index is -1.98. The van der Waals surface area contributed by atoms with Crippen LogP contribution in [-0.4, -0.2) is 71.7 Å². The highest BCUT2D eigenvalue weighted by molar-refractivity contribution is 5.90. The summed E-state index contributed by atoms with van der Waals surface area (Å²) in [6, 6.07) is 13.3. The summed E-state index contributed by atoms with van der Waals surface area (Å²) >= 11 is 0. The van der Waals surface area contributed by atoms with Crippen LogP contribution in [0.25, 0.3) is 0 Å². The molecule has 0 saturated carbocycles. The predicted molar refractivity (Wildman–Crippen MR) is 150 cm³/mol. The second-order valence-electron chi connectivity index (χ2n) is 9.38. The van der Waals surface area contributed by atoms with E-state index in [0.29, 0.717) is 22.3 Å². The first-order valence-electron chi connectivity index (χ1n) is 13.2. The minimum Gasteiger partial charge on any atom is -0.460 e. The molecule has 0 aliphatic rings. The highest BCUT2D eigenvalue weighted by atomic mass is 16.6. The number of ether oxygens (including phenoxy) is 4. The Balaban J connectivity index is 2.40. The van der Waals surface area contributed by atoms with Crippen LogP contribution in [0.2, 0.25) is 0 Å². The zero-order valence-electron chi connectivity index (χ0n) is 23.9. The van der Waals surface area contributed by atoms with E-state index < -0.39 is 48.3 Å². The molecule has 222 valence electrons. The summed E-state index contributed by atoms with van der Waals surface area (Å²) in [4.78, 5) is 52.3. The molecule has 10 nitrogen and oxygen atoms in total. The van der Waals surface area contributed by atoms with Gasteiger partial charge in [-0.2, -0.15) is 0 Å². The molecule has 42 heavy (non-hydrogen) atoms. The first-order chi connectivity index (χ1) is 20.0. The van der Waals surface area contributed by atoms with Gasteiger partial charge in [0, 0.05) is 11.1 Å². The third-order valence-electron chi connectivity index (χ3n) is 5.27. The van der Waals surface area contributed by atoms with Crippen LogP contribution >= 0.6 is 0 Å². The summed E-state index contributed by atoms with van der Waals surface area (Å²) in [6.45, 7) is 5.47. The van der Waals surface area contributed by atoms with E-state index in [2.05, 4.69) is 23.7 Å². The second-order valence-corrected chi connectivity index (χ2v) is 9.38. The molecule has 2 N–H and O–H groups in total. The maximum absolute atomic E-state index is 13.1. The zero-order chi connectivity index (χ0) is 31.1. The fourth-order valence-electron chi connectivity index (χ4n) is 3.61. The number of carbonyl (C=O) groups excluding carboxylic acids is 4. The van der Waals surface area contributed by atoms with Crippen molar-refractivity contribution in [3.05, 3.63) is 70.8 Å². The van der Waals surface area contributed by atoms with Crippen LogP contribution in [0.5, 0.6) is 0 Å². The van der Waals surface area contributed by atoms with E-state index in [-0.39, 0.29) is 26.1 Å². The number of rotatable bonds is 11. The molecule has 0 spiro atoms. The highest BCUT2D eigenvalue weighted by Gasteiger charge is 2.43. The summed E-state index contributed by atoms with van der Waals surface area (Å²) in [5, 5.41) is 18.1. The summed E-state index contributed by atoms with van der Waals surface area (Å²) in [6.07, 6.45) is -5.95. The topological polar surface area (TPSA) is 146 Å². The Kier molecular flexibility index (Phi) is 13.8. The van der Waals surface area contributed by atoms with Crippen molar-refractivity contribution in [2.75, 3.05) is 13.2 Å². The Bertz CT molecular complexity index is 1270. The van der Waals surface area contributed by atoms with Crippen LogP contribution in [0.1, 0.15) is 49.9 Å². The monoisotopic (exact) mass is 578 g/mol. The molecular weight excluding hydrogens is 544 g/mol. The maximum Gasteiger partial charge on any atom is 0.352 e. The van der Waals surface area contributed by atoms with Crippen molar-refractivity contribution in [1.29, 1.82) is 0 Å². The van der Waals surface area contributed by atoms with Gasteiger partial charge in [-0.3, -0.25) is 9.59 Å². The molecule has 0 aromatic heterocycles. The van der Waals surface area contributed by atoms with Gasteiger partial charge in [0.2, 0.25) is 12.2 Å². The Morgan fingerprint density at radius 2 is 0.976 bits per heavy atom. The van der Waals surface area contributed by atoms with E-state index >= 15 is 0 Å². The van der Waals surface area contributed by atoms with Gasteiger partial charge in [-0.25, -0.2) is 9.59 Å².